The summed E-state index contributed by atoms with van der Waals surface area (Å²) in [6.45, 7) is 6.70. The molecule has 6 heteroatoms. The van der Waals surface area contributed by atoms with Crippen molar-refractivity contribution >= 4 is 11.9 Å². The fourth-order valence-corrected chi connectivity index (χ4v) is 2.08. The smallest absolute Gasteiger partial charge is 0.332 e. The second-order valence-corrected chi connectivity index (χ2v) is 5.16. The van der Waals surface area contributed by atoms with Gasteiger partial charge in [-0.3, -0.25) is 4.79 Å². The molecule has 0 aromatic rings. The summed E-state index contributed by atoms with van der Waals surface area (Å²) in [4.78, 5) is 22.2. The zero-order chi connectivity index (χ0) is 15.4. The highest BCUT2D eigenvalue weighted by Gasteiger charge is 2.40. The SMILES string of the molecule is COC(C)(C)C(=C(CC(=O)O)C(=O)O)C(C)(C)OC. The van der Waals surface area contributed by atoms with Gasteiger partial charge in [-0.05, 0) is 27.7 Å². The molecule has 0 aromatic carbocycles. The molecular weight excluding hydrogens is 252 g/mol. The molecule has 0 radical (unpaired) electrons. The molecule has 0 spiro atoms. The van der Waals surface area contributed by atoms with Gasteiger partial charge in [0.25, 0.3) is 0 Å². The first-order valence-electron chi connectivity index (χ1n) is 5.79. The predicted molar refractivity (Wildman–Crippen MR) is 69.1 cm³/mol. The monoisotopic (exact) mass is 274 g/mol. The molecule has 0 aliphatic rings. The van der Waals surface area contributed by atoms with Crippen molar-refractivity contribution in [1.82, 2.24) is 0 Å². The Hall–Kier alpha value is -1.40. The Bertz CT molecular complexity index is 374. The first-order valence-corrected chi connectivity index (χ1v) is 5.79. The molecule has 0 aromatic heterocycles. The zero-order valence-corrected chi connectivity index (χ0v) is 12.2. The fourth-order valence-electron chi connectivity index (χ4n) is 2.08. The summed E-state index contributed by atoms with van der Waals surface area (Å²) in [7, 11) is 2.87. The summed E-state index contributed by atoms with van der Waals surface area (Å²) in [6, 6.07) is 0. The number of aliphatic carboxylic acids is 2. The first kappa shape index (κ1) is 17.6. The molecule has 0 unspecified atom stereocenters. The van der Waals surface area contributed by atoms with Gasteiger partial charge in [0, 0.05) is 19.8 Å². The van der Waals surface area contributed by atoms with Crippen molar-refractivity contribution < 1.29 is 29.3 Å². The van der Waals surface area contributed by atoms with Gasteiger partial charge in [0.05, 0.1) is 23.2 Å². The van der Waals surface area contributed by atoms with Crippen LogP contribution >= 0.6 is 0 Å². The Labute approximate surface area is 113 Å². The highest BCUT2D eigenvalue weighted by Crippen LogP contribution is 2.35. The molecule has 110 valence electrons. The molecule has 0 amide bonds. The van der Waals surface area contributed by atoms with Gasteiger partial charge in [0.2, 0.25) is 0 Å². The molecule has 6 nitrogen and oxygen atoms in total. The molecule has 0 bridgehead atoms. The molecule has 0 rings (SSSR count). The summed E-state index contributed by atoms with van der Waals surface area (Å²) in [5.74, 6) is -2.50. The molecule has 0 aliphatic carbocycles. The van der Waals surface area contributed by atoms with Crippen molar-refractivity contribution in [3.05, 3.63) is 11.1 Å². The van der Waals surface area contributed by atoms with Crippen molar-refractivity contribution in [1.29, 1.82) is 0 Å². The van der Waals surface area contributed by atoms with Crippen LogP contribution in [0.3, 0.4) is 0 Å². The molecule has 0 saturated heterocycles. The second kappa shape index (κ2) is 6.16. The van der Waals surface area contributed by atoms with E-state index in [4.69, 9.17) is 14.6 Å². The molecule has 0 aliphatic heterocycles. The predicted octanol–water partition coefficient (Wildman–Crippen LogP) is 1.69. The van der Waals surface area contributed by atoms with E-state index in [1.54, 1.807) is 27.7 Å². The van der Waals surface area contributed by atoms with Crippen LogP contribution in [0.25, 0.3) is 0 Å². The summed E-state index contributed by atoms with van der Waals surface area (Å²) in [5, 5.41) is 18.2. The number of carbonyl (C=O) groups is 2. The van der Waals surface area contributed by atoms with E-state index in [0.717, 1.165) is 0 Å². The van der Waals surface area contributed by atoms with Gasteiger partial charge in [0.1, 0.15) is 0 Å². The van der Waals surface area contributed by atoms with E-state index in [0.29, 0.717) is 5.57 Å². The maximum Gasteiger partial charge on any atom is 0.332 e. The Kier molecular flexibility index (Phi) is 5.71. The lowest BCUT2D eigenvalue weighted by Crippen LogP contribution is -2.42. The topological polar surface area (TPSA) is 93.1 Å². The van der Waals surface area contributed by atoms with E-state index in [2.05, 4.69) is 0 Å². The van der Waals surface area contributed by atoms with E-state index >= 15 is 0 Å². The first-order chi connectivity index (χ1) is 8.49. The third kappa shape index (κ3) is 4.33. The quantitative estimate of drug-likeness (QED) is 0.686. The number of carboxylic acids is 2. The Morgan fingerprint density at radius 2 is 1.32 bits per heavy atom. The van der Waals surface area contributed by atoms with Gasteiger partial charge in [-0.25, -0.2) is 4.79 Å². The lowest BCUT2D eigenvalue weighted by Gasteiger charge is -2.38. The normalized spacial score (nSPS) is 12.1. The molecule has 0 fully saturated rings. The lowest BCUT2D eigenvalue weighted by molar-refractivity contribution is -0.140. The number of rotatable bonds is 7. The number of ether oxygens (including phenoxy) is 2. The minimum atomic E-state index is -1.28. The van der Waals surface area contributed by atoms with E-state index in [1.165, 1.54) is 14.2 Å². The summed E-state index contributed by atoms with van der Waals surface area (Å²) in [6.07, 6.45) is -0.593. The largest absolute Gasteiger partial charge is 0.481 e. The van der Waals surface area contributed by atoms with Crippen molar-refractivity contribution in [2.45, 2.75) is 45.3 Å². The average Bonchev–Trinajstić information content (AvgIpc) is 2.26. The van der Waals surface area contributed by atoms with Crippen LogP contribution in [-0.2, 0) is 19.1 Å². The fraction of sp³-hybridized carbons (Fsp3) is 0.692. The van der Waals surface area contributed by atoms with Crippen molar-refractivity contribution in [2.75, 3.05) is 14.2 Å². The molecular formula is C13H22O6. The van der Waals surface area contributed by atoms with Crippen LogP contribution in [0, 0.1) is 0 Å². The minimum absolute atomic E-state index is 0.216. The summed E-state index contributed by atoms with van der Waals surface area (Å²) >= 11 is 0. The Morgan fingerprint density at radius 3 is 1.53 bits per heavy atom. The number of hydrogen-bond acceptors (Lipinski definition) is 4. The Balaban J connectivity index is 6.18. The van der Waals surface area contributed by atoms with Gasteiger partial charge in [-0.1, -0.05) is 0 Å². The van der Waals surface area contributed by atoms with E-state index in [9.17, 15) is 14.7 Å². The highest BCUT2D eigenvalue weighted by atomic mass is 16.5. The van der Waals surface area contributed by atoms with Gasteiger partial charge in [0.15, 0.2) is 0 Å². The molecule has 2 N–H and O–H groups in total. The van der Waals surface area contributed by atoms with Crippen LogP contribution in [0.5, 0.6) is 0 Å². The average molecular weight is 274 g/mol. The zero-order valence-electron chi connectivity index (χ0n) is 12.2. The van der Waals surface area contributed by atoms with Crippen LogP contribution in [0.4, 0.5) is 0 Å². The summed E-state index contributed by atoms with van der Waals surface area (Å²) < 4.78 is 10.6. The highest BCUT2D eigenvalue weighted by molar-refractivity contribution is 5.93. The van der Waals surface area contributed by atoms with Crippen LogP contribution in [0.15, 0.2) is 11.1 Å². The van der Waals surface area contributed by atoms with E-state index in [-0.39, 0.29) is 5.57 Å². The molecule has 0 heterocycles. The standard InChI is InChI=1S/C13H22O6/c1-12(2,18-5)10(13(3,4)19-6)8(11(16)17)7-9(14)15/h7H2,1-6H3,(H,14,15)(H,16,17). The van der Waals surface area contributed by atoms with Gasteiger partial charge < -0.3 is 19.7 Å². The maximum absolute atomic E-state index is 11.4. The van der Waals surface area contributed by atoms with Gasteiger partial charge in [-0.15, -0.1) is 0 Å². The van der Waals surface area contributed by atoms with E-state index in [1.807, 2.05) is 0 Å². The number of hydrogen-bond donors (Lipinski definition) is 2. The van der Waals surface area contributed by atoms with Crippen molar-refractivity contribution in [2.24, 2.45) is 0 Å². The molecule has 0 saturated carbocycles. The number of carboxylic acid groups (broad SMARTS) is 2. The lowest BCUT2D eigenvalue weighted by atomic mass is 9.80. The van der Waals surface area contributed by atoms with Gasteiger partial charge in [-0.2, -0.15) is 0 Å². The van der Waals surface area contributed by atoms with Crippen molar-refractivity contribution in [3.8, 4) is 0 Å². The molecule has 19 heavy (non-hydrogen) atoms. The van der Waals surface area contributed by atoms with Crippen LogP contribution in [-0.4, -0.2) is 47.6 Å². The van der Waals surface area contributed by atoms with Gasteiger partial charge >= 0.3 is 11.9 Å². The Morgan fingerprint density at radius 1 is 0.947 bits per heavy atom. The van der Waals surface area contributed by atoms with Crippen molar-refractivity contribution in [3.63, 3.8) is 0 Å². The number of methoxy groups -OCH3 is 2. The summed E-state index contributed by atoms with van der Waals surface area (Å²) in [5.41, 5.74) is -1.82. The third-order valence-electron chi connectivity index (χ3n) is 3.11. The van der Waals surface area contributed by atoms with E-state index < -0.39 is 29.6 Å². The second-order valence-electron chi connectivity index (χ2n) is 5.16. The maximum atomic E-state index is 11.4. The van der Waals surface area contributed by atoms with Crippen LogP contribution < -0.4 is 0 Å². The minimum Gasteiger partial charge on any atom is -0.481 e. The van der Waals surface area contributed by atoms with Crippen LogP contribution in [0.1, 0.15) is 34.1 Å². The third-order valence-corrected chi connectivity index (χ3v) is 3.11. The van der Waals surface area contributed by atoms with Crippen LogP contribution in [0.2, 0.25) is 0 Å². The molecule has 0 atom stereocenters.